The van der Waals surface area contributed by atoms with Gasteiger partial charge in [-0.2, -0.15) is 0 Å². The van der Waals surface area contributed by atoms with E-state index in [2.05, 4.69) is 11.9 Å². The van der Waals surface area contributed by atoms with Gasteiger partial charge in [0, 0.05) is 0 Å². The number of nitrogens with one attached hydrogen (secondary N) is 1. The molecule has 0 saturated carbocycles. The van der Waals surface area contributed by atoms with Crippen molar-refractivity contribution >= 4 is 11.8 Å². The van der Waals surface area contributed by atoms with Gasteiger partial charge < -0.3 is 11.1 Å². The molecule has 24 heavy (non-hydrogen) atoms. The van der Waals surface area contributed by atoms with Crippen molar-refractivity contribution < 1.29 is 9.59 Å². The Morgan fingerprint density at radius 2 is 1.62 bits per heavy atom. The van der Waals surface area contributed by atoms with Crippen LogP contribution in [0.3, 0.4) is 0 Å². The highest BCUT2D eigenvalue weighted by Crippen LogP contribution is 2.44. The number of allylic oxidation sites excluding steroid dienone is 1. The van der Waals surface area contributed by atoms with E-state index in [-0.39, 0.29) is 5.91 Å². The average molecular weight is 320 g/mol. The highest BCUT2D eigenvalue weighted by molar-refractivity contribution is 5.98. The highest BCUT2D eigenvalue weighted by Gasteiger charge is 2.34. The van der Waals surface area contributed by atoms with Crippen molar-refractivity contribution in [2.75, 3.05) is 0 Å². The third-order valence-corrected chi connectivity index (χ3v) is 4.42. The van der Waals surface area contributed by atoms with Gasteiger partial charge in [0.05, 0.1) is 5.92 Å². The van der Waals surface area contributed by atoms with Crippen LogP contribution in [0.15, 0.2) is 61.2 Å². The molecule has 4 heteroatoms. The summed E-state index contributed by atoms with van der Waals surface area (Å²) in [4.78, 5) is 24.5. The molecule has 0 spiro atoms. The fourth-order valence-electron chi connectivity index (χ4n) is 3.26. The fraction of sp³-hybridized carbons (Fsp3) is 0.200. The first-order valence-electron chi connectivity index (χ1n) is 8.02. The summed E-state index contributed by atoms with van der Waals surface area (Å²) in [5, 5.41) is 2.81. The van der Waals surface area contributed by atoms with Gasteiger partial charge in [-0.15, -0.1) is 6.58 Å². The zero-order valence-electron chi connectivity index (χ0n) is 13.4. The largest absolute Gasteiger partial charge is 0.368 e. The van der Waals surface area contributed by atoms with Gasteiger partial charge in [-0.3, -0.25) is 9.59 Å². The number of rotatable bonds is 6. The molecule has 122 valence electrons. The lowest BCUT2D eigenvalue weighted by Gasteiger charge is -2.19. The Balaban J connectivity index is 1.92. The maximum atomic E-state index is 12.9. The van der Waals surface area contributed by atoms with Crippen molar-refractivity contribution in [3.05, 3.63) is 72.3 Å². The lowest BCUT2D eigenvalue weighted by Crippen LogP contribution is -2.46. The molecule has 0 aliphatic heterocycles. The summed E-state index contributed by atoms with van der Waals surface area (Å²) in [7, 11) is 0. The molecule has 0 aromatic heterocycles. The van der Waals surface area contributed by atoms with E-state index in [0.29, 0.717) is 12.8 Å². The van der Waals surface area contributed by atoms with E-state index in [1.165, 1.54) is 0 Å². The number of nitrogens with two attached hydrogens (primary N) is 1. The van der Waals surface area contributed by atoms with Crippen molar-refractivity contribution in [1.82, 2.24) is 5.32 Å². The van der Waals surface area contributed by atoms with Gasteiger partial charge in [0.2, 0.25) is 11.8 Å². The molecular weight excluding hydrogens is 300 g/mol. The third-order valence-electron chi connectivity index (χ3n) is 4.42. The van der Waals surface area contributed by atoms with Gasteiger partial charge in [0.1, 0.15) is 6.04 Å². The second-order valence-corrected chi connectivity index (χ2v) is 5.94. The Hall–Kier alpha value is -2.88. The molecule has 0 fully saturated rings. The number of amides is 2. The van der Waals surface area contributed by atoms with E-state index >= 15 is 0 Å². The van der Waals surface area contributed by atoms with E-state index in [0.717, 1.165) is 22.3 Å². The van der Waals surface area contributed by atoms with Gasteiger partial charge in [-0.1, -0.05) is 54.6 Å². The zero-order chi connectivity index (χ0) is 17.1. The lowest BCUT2D eigenvalue weighted by molar-refractivity contribution is -0.127. The topological polar surface area (TPSA) is 72.2 Å². The molecular formula is C20H20N2O2. The molecule has 2 aromatic rings. The second kappa shape index (κ2) is 6.71. The van der Waals surface area contributed by atoms with Crippen LogP contribution in [0.4, 0.5) is 0 Å². The molecule has 2 amide bonds. The van der Waals surface area contributed by atoms with E-state index in [1.807, 2.05) is 48.5 Å². The number of hydrogen-bond donors (Lipinski definition) is 2. The molecule has 1 atom stereocenters. The first-order valence-corrected chi connectivity index (χ1v) is 8.02. The van der Waals surface area contributed by atoms with Crippen molar-refractivity contribution in [1.29, 1.82) is 0 Å². The zero-order valence-corrected chi connectivity index (χ0v) is 13.4. The summed E-state index contributed by atoms with van der Waals surface area (Å²) in [6, 6.07) is 15.1. The summed E-state index contributed by atoms with van der Waals surface area (Å²) >= 11 is 0. The van der Waals surface area contributed by atoms with Gasteiger partial charge in [0.15, 0.2) is 0 Å². The SMILES string of the molecule is C=CCC[C@@H](NC(=O)C1c2ccccc2-c2ccccc21)C(N)=O. The van der Waals surface area contributed by atoms with E-state index in [9.17, 15) is 9.59 Å². The summed E-state index contributed by atoms with van der Waals surface area (Å²) in [6.07, 6.45) is 2.79. The normalized spacial score (nSPS) is 13.7. The number of carbonyl (C=O) groups is 2. The van der Waals surface area contributed by atoms with Crippen molar-refractivity contribution in [3.8, 4) is 11.1 Å². The molecule has 0 saturated heterocycles. The Bertz CT molecular complexity index is 752. The fourth-order valence-corrected chi connectivity index (χ4v) is 3.26. The number of primary amides is 1. The molecule has 0 radical (unpaired) electrons. The maximum absolute atomic E-state index is 12.9. The molecule has 0 bridgehead atoms. The van der Waals surface area contributed by atoms with Gasteiger partial charge in [-0.05, 0) is 35.1 Å². The van der Waals surface area contributed by atoms with E-state index < -0.39 is 17.9 Å². The summed E-state index contributed by atoms with van der Waals surface area (Å²) in [5.41, 5.74) is 9.48. The van der Waals surface area contributed by atoms with Crippen molar-refractivity contribution in [2.24, 2.45) is 5.73 Å². The van der Waals surface area contributed by atoms with Crippen LogP contribution in [0.5, 0.6) is 0 Å². The van der Waals surface area contributed by atoms with E-state index in [4.69, 9.17) is 5.73 Å². The van der Waals surface area contributed by atoms with Gasteiger partial charge >= 0.3 is 0 Å². The standard InChI is InChI=1S/C20H20N2O2/c1-2-3-12-17(19(21)23)22-20(24)18-15-10-6-4-8-13(15)14-9-5-7-11-16(14)18/h2,4-11,17-18H,1,3,12H2,(H2,21,23)(H,22,24)/t17-/m1/s1. The number of carbonyl (C=O) groups excluding carboxylic acids is 2. The summed E-state index contributed by atoms with van der Waals surface area (Å²) in [6.45, 7) is 3.64. The first-order chi connectivity index (χ1) is 11.6. The molecule has 0 unspecified atom stereocenters. The monoisotopic (exact) mass is 320 g/mol. The molecule has 4 nitrogen and oxygen atoms in total. The molecule has 1 aliphatic carbocycles. The molecule has 0 heterocycles. The van der Waals surface area contributed by atoms with Crippen LogP contribution in [0.1, 0.15) is 29.9 Å². The Morgan fingerprint density at radius 3 is 2.12 bits per heavy atom. The maximum Gasteiger partial charge on any atom is 0.240 e. The number of hydrogen-bond acceptors (Lipinski definition) is 2. The quantitative estimate of drug-likeness (QED) is 0.803. The Morgan fingerprint density at radius 1 is 1.08 bits per heavy atom. The number of benzene rings is 2. The van der Waals surface area contributed by atoms with Crippen molar-refractivity contribution in [2.45, 2.75) is 24.8 Å². The van der Waals surface area contributed by atoms with Crippen LogP contribution in [-0.2, 0) is 9.59 Å². The van der Waals surface area contributed by atoms with Crippen LogP contribution in [0, 0.1) is 0 Å². The minimum atomic E-state index is -0.685. The van der Waals surface area contributed by atoms with Crippen LogP contribution in [0.2, 0.25) is 0 Å². The summed E-state index contributed by atoms with van der Waals surface area (Å²) in [5.74, 6) is -1.13. The van der Waals surface area contributed by atoms with Gasteiger partial charge in [0.25, 0.3) is 0 Å². The number of fused-ring (bicyclic) bond motifs is 3. The van der Waals surface area contributed by atoms with Crippen LogP contribution in [-0.4, -0.2) is 17.9 Å². The summed E-state index contributed by atoms with van der Waals surface area (Å²) < 4.78 is 0. The minimum Gasteiger partial charge on any atom is -0.368 e. The van der Waals surface area contributed by atoms with Crippen LogP contribution < -0.4 is 11.1 Å². The van der Waals surface area contributed by atoms with Crippen LogP contribution >= 0.6 is 0 Å². The molecule has 3 rings (SSSR count). The van der Waals surface area contributed by atoms with E-state index in [1.54, 1.807) is 6.08 Å². The second-order valence-electron chi connectivity index (χ2n) is 5.94. The minimum absolute atomic E-state index is 0.194. The van der Waals surface area contributed by atoms with Crippen molar-refractivity contribution in [3.63, 3.8) is 0 Å². The molecule has 3 N–H and O–H groups in total. The lowest BCUT2D eigenvalue weighted by atomic mass is 9.95. The van der Waals surface area contributed by atoms with Crippen LogP contribution in [0.25, 0.3) is 11.1 Å². The third kappa shape index (κ3) is 2.83. The first kappa shape index (κ1) is 16.0. The molecule has 1 aliphatic rings. The Labute approximate surface area is 141 Å². The Kier molecular flexibility index (Phi) is 4.47. The van der Waals surface area contributed by atoms with Gasteiger partial charge in [-0.25, -0.2) is 0 Å². The highest BCUT2D eigenvalue weighted by atomic mass is 16.2. The smallest absolute Gasteiger partial charge is 0.240 e. The molecule has 2 aromatic carbocycles. The predicted octanol–water partition coefficient (Wildman–Crippen LogP) is 2.74. The average Bonchev–Trinajstić information content (AvgIpc) is 2.93. The predicted molar refractivity (Wildman–Crippen MR) is 94.3 cm³/mol.